The largest absolute Gasteiger partial charge is 0.379 e. The molecular weight excluding hydrogens is 300 g/mol. The van der Waals surface area contributed by atoms with Crippen LogP contribution in [0.5, 0.6) is 0 Å². The predicted molar refractivity (Wildman–Crippen MR) is 85.4 cm³/mol. The number of nitrogens with zero attached hydrogens (tertiary/aromatic N) is 4. The summed E-state index contributed by atoms with van der Waals surface area (Å²) in [5.41, 5.74) is 0.912. The Bertz CT molecular complexity index is 645. The normalized spacial score (nSPS) is 27.3. The first kappa shape index (κ1) is 14.4. The van der Waals surface area contributed by atoms with Crippen molar-refractivity contribution in [3.63, 3.8) is 0 Å². The molecule has 3 heterocycles. The van der Waals surface area contributed by atoms with Gasteiger partial charge in [0.25, 0.3) is 0 Å². The van der Waals surface area contributed by atoms with Gasteiger partial charge < -0.3 is 4.74 Å². The van der Waals surface area contributed by atoms with E-state index in [2.05, 4.69) is 19.3 Å². The fourth-order valence-corrected chi connectivity index (χ4v) is 4.06. The molecule has 2 aromatic rings. The smallest absolute Gasteiger partial charge is 0.154 e. The Morgan fingerprint density at radius 1 is 1.09 bits per heavy atom. The third kappa shape index (κ3) is 2.62. The summed E-state index contributed by atoms with van der Waals surface area (Å²) in [5, 5.41) is 0.531. The van der Waals surface area contributed by atoms with Crippen molar-refractivity contribution >= 4 is 17.1 Å². The quantitative estimate of drug-likeness (QED) is 0.853. The molecule has 0 aromatic carbocycles. The molecule has 0 amide bonds. The summed E-state index contributed by atoms with van der Waals surface area (Å²) < 4.78 is 7.56. The molecule has 118 valence electrons. The van der Waals surface area contributed by atoms with E-state index in [9.17, 15) is 0 Å². The highest BCUT2D eigenvalue weighted by Gasteiger charge is 2.29. The summed E-state index contributed by atoms with van der Waals surface area (Å²) in [5.74, 6) is 1.66. The second-order valence-corrected chi connectivity index (χ2v) is 6.60. The number of hydrogen-bond donors (Lipinski definition) is 0. The Hall–Kier alpha value is -1.17. The molecule has 1 aliphatic heterocycles. The lowest BCUT2D eigenvalue weighted by Crippen LogP contribution is -2.44. The van der Waals surface area contributed by atoms with Crippen molar-refractivity contribution in [3.05, 3.63) is 29.6 Å². The molecule has 0 N–H and O–H groups in total. The van der Waals surface area contributed by atoms with Gasteiger partial charge in [0.2, 0.25) is 0 Å². The molecule has 1 saturated carbocycles. The van der Waals surface area contributed by atoms with Crippen molar-refractivity contribution in [1.82, 2.24) is 19.3 Å². The zero-order chi connectivity index (χ0) is 14.9. The maximum atomic E-state index is 6.14. The molecule has 1 aliphatic carbocycles. The van der Waals surface area contributed by atoms with E-state index >= 15 is 0 Å². The molecule has 6 heteroatoms. The molecule has 4 rings (SSSR count). The first-order valence-electron chi connectivity index (χ1n) is 8.12. The minimum Gasteiger partial charge on any atom is -0.379 e. The molecule has 0 atom stereocenters. The zero-order valence-corrected chi connectivity index (χ0v) is 13.4. The minimum atomic E-state index is 0.526. The molecule has 1 saturated heterocycles. The van der Waals surface area contributed by atoms with Crippen molar-refractivity contribution in [2.45, 2.75) is 37.6 Å². The Morgan fingerprint density at radius 3 is 2.64 bits per heavy atom. The van der Waals surface area contributed by atoms with Crippen LogP contribution in [0.15, 0.2) is 18.6 Å². The average molecular weight is 321 g/mol. The lowest BCUT2D eigenvalue weighted by molar-refractivity contribution is 0.00710. The molecule has 5 nitrogen and oxygen atoms in total. The van der Waals surface area contributed by atoms with E-state index < -0.39 is 0 Å². The summed E-state index contributed by atoms with van der Waals surface area (Å²) in [6, 6.07) is 0.719. The lowest BCUT2D eigenvalue weighted by Gasteiger charge is -2.38. The molecule has 0 radical (unpaired) electrons. The summed E-state index contributed by atoms with van der Waals surface area (Å²) in [6.45, 7) is 3.94. The van der Waals surface area contributed by atoms with Gasteiger partial charge >= 0.3 is 0 Å². The summed E-state index contributed by atoms with van der Waals surface area (Å²) in [6.07, 6.45) is 10.5. The van der Waals surface area contributed by atoms with E-state index in [0.29, 0.717) is 11.1 Å². The van der Waals surface area contributed by atoms with Crippen LogP contribution in [-0.2, 0) is 4.74 Å². The predicted octanol–water partition coefficient (Wildman–Crippen LogP) is 2.74. The molecule has 2 aromatic heterocycles. The average Bonchev–Trinajstić information content (AvgIpc) is 3.01. The third-order valence-electron chi connectivity index (χ3n) is 5.06. The Morgan fingerprint density at radius 2 is 1.86 bits per heavy atom. The Labute approximate surface area is 135 Å². The fraction of sp³-hybridized carbons (Fsp3) is 0.625. The van der Waals surface area contributed by atoms with Crippen molar-refractivity contribution in [2.24, 2.45) is 0 Å². The van der Waals surface area contributed by atoms with Crippen LogP contribution in [0, 0.1) is 0 Å². The number of imidazole rings is 1. The van der Waals surface area contributed by atoms with Crippen molar-refractivity contribution in [2.75, 3.05) is 26.3 Å². The molecular formula is C16H21ClN4O. The highest BCUT2D eigenvalue weighted by Crippen LogP contribution is 2.35. The highest BCUT2D eigenvalue weighted by molar-refractivity contribution is 6.32. The van der Waals surface area contributed by atoms with Crippen LogP contribution >= 0.6 is 11.6 Å². The zero-order valence-electron chi connectivity index (χ0n) is 12.6. The van der Waals surface area contributed by atoms with Crippen LogP contribution in [0.4, 0.5) is 0 Å². The van der Waals surface area contributed by atoms with E-state index in [4.69, 9.17) is 16.3 Å². The van der Waals surface area contributed by atoms with Gasteiger partial charge in [-0.1, -0.05) is 11.6 Å². The molecule has 2 fully saturated rings. The first-order chi connectivity index (χ1) is 10.8. The van der Waals surface area contributed by atoms with Crippen LogP contribution in [0.1, 0.15) is 37.4 Å². The number of fused-ring (bicyclic) bond motifs is 1. The molecule has 0 unspecified atom stereocenters. The third-order valence-corrected chi connectivity index (χ3v) is 5.36. The summed E-state index contributed by atoms with van der Waals surface area (Å²) >= 11 is 6.14. The second-order valence-electron chi connectivity index (χ2n) is 6.24. The number of aromatic nitrogens is 3. The minimum absolute atomic E-state index is 0.526. The van der Waals surface area contributed by atoms with E-state index in [1.165, 1.54) is 25.7 Å². The molecule has 0 spiro atoms. The number of ether oxygens (including phenoxy) is 1. The number of hydrogen-bond acceptors (Lipinski definition) is 4. The van der Waals surface area contributed by atoms with E-state index in [-0.39, 0.29) is 0 Å². The number of rotatable bonds is 2. The van der Waals surface area contributed by atoms with Crippen molar-refractivity contribution < 1.29 is 4.74 Å². The lowest BCUT2D eigenvalue weighted by atomic mass is 9.84. The second kappa shape index (κ2) is 6.14. The van der Waals surface area contributed by atoms with Crippen molar-refractivity contribution in [1.29, 1.82) is 0 Å². The molecule has 2 aliphatic rings. The summed E-state index contributed by atoms with van der Waals surface area (Å²) in [4.78, 5) is 11.3. The monoisotopic (exact) mass is 320 g/mol. The van der Waals surface area contributed by atoms with Crippen LogP contribution in [0.25, 0.3) is 5.52 Å². The van der Waals surface area contributed by atoms with E-state index in [1.807, 2.05) is 12.4 Å². The van der Waals surface area contributed by atoms with Gasteiger partial charge in [-0.15, -0.1) is 0 Å². The number of halogens is 1. The van der Waals surface area contributed by atoms with Crippen LogP contribution in [-0.4, -0.2) is 51.6 Å². The van der Waals surface area contributed by atoms with E-state index in [0.717, 1.165) is 43.7 Å². The van der Waals surface area contributed by atoms with Crippen LogP contribution in [0.3, 0.4) is 0 Å². The Kier molecular flexibility index (Phi) is 4.03. The topological polar surface area (TPSA) is 42.7 Å². The standard InChI is InChI=1S/C16H21ClN4O/c17-15-14-11-19-16(21(14)6-5-18-15)12-1-3-13(4-2-12)20-7-9-22-10-8-20/h5-6,11-13H,1-4,7-10H2/t12-,13+. The fourth-order valence-electron chi connectivity index (χ4n) is 3.86. The van der Waals surface area contributed by atoms with Crippen molar-refractivity contribution in [3.8, 4) is 0 Å². The Balaban J connectivity index is 1.47. The van der Waals surface area contributed by atoms with Gasteiger partial charge in [0.1, 0.15) is 11.3 Å². The van der Waals surface area contributed by atoms with Gasteiger partial charge in [-0.2, -0.15) is 0 Å². The SMILES string of the molecule is Clc1nccn2c1cnc2[C@H]1CC[C@@H](N2CCOCC2)CC1. The van der Waals surface area contributed by atoms with Gasteiger partial charge in [-0.05, 0) is 25.7 Å². The first-order valence-corrected chi connectivity index (χ1v) is 8.50. The van der Waals surface area contributed by atoms with Gasteiger partial charge in [0.15, 0.2) is 5.15 Å². The summed E-state index contributed by atoms with van der Waals surface area (Å²) in [7, 11) is 0. The van der Waals surface area contributed by atoms with Gasteiger partial charge in [-0.3, -0.25) is 9.30 Å². The van der Waals surface area contributed by atoms with Gasteiger partial charge in [-0.25, -0.2) is 9.97 Å². The molecule has 22 heavy (non-hydrogen) atoms. The maximum absolute atomic E-state index is 6.14. The van der Waals surface area contributed by atoms with E-state index in [1.54, 1.807) is 6.20 Å². The van der Waals surface area contributed by atoms with Crippen LogP contribution < -0.4 is 0 Å². The van der Waals surface area contributed by atoms with Crippen LogP contribution in [0.2, 0.25) is 5.15 Å². The molecule has 0 bridgehead atoms. The van der Waals surface area contributed by atoms with Gasteiger partial charge in [0.05, 0.1) is 19.4 Å². The number of morpholine rings is 1. The maximum Gasteiger partial charge on any atom is 0.154 e. The highest BCUT2D eigenvalue weighted by atomic mass is 35.5. The van der Waals surface area contributed by atoms with Gasteiger partial charge in [0, 0.05) is 37.4 Å².